The third kappa shape index (κ3) is 4.25. The normalized spacial score (nSPS) is 10.5. The maximum Gasteiger partial charge on any atom is 0.127 e. The Balaban J connectivity index is 1.96. The highest BCUT2D eigenvalue weighted by atomic mass is 32.1. The molecular formula is C16H21NO2S. The van der Waals surface area contributed by atoms with Crippen molar-refractivity contribution in [2.45, 2.75) is 26.3 Å². The molecule has 0 spiro atoms. The van der Waals surface area contributed by atoms with Gasteiger partial charge in [-0.25, -0.2) is 0 Å². The molecule has 0 amide bonds. The lowest BCUT2D eigenvalue weighted by molar-refractivity contribution is 0.302. The van der Waals surface area contributed by atoms with Crippen molar-refractivity contribution in [2.75, 3.05) is 13.2 Å². The van der Waals surface area contributed by atoms with Crippen LogP contribution in [-0.4, -0.2) is 13.2 Å². The van der Waals surface area contributed by atoms with Crippen molar-refractivity contribution < 1.29 is 9.47 Å². The van der Waals surface area contributed by atoms with Gasteiger partial charge in [-0.15, -0.1) is 0 Å². The lowest BCUT2D eigenvalue weighted by atomic mass is 10.2. The second-order valence-electron chi connectivity index (χ2n) is 4.55. The SMILES string of the molecule is CCCOc1ccc(CN)c(OCCc2ccsc2)c1. The van der Waals surface area contributed by atoms with E-state index in [0.29, 0.717) is 13.2 Å². The highest BCUT2D eigenvalue weighted by Gasteiger charge is 2.05. The molecular weight excluding hydrogens is 270 g/mol. The van der Waals surface area contributed by atoms with Crippen LogP contribution in [0.15, 0.2) is 35.0 Å². The maximum absolute atomic E-state index is 5.87. The van der Waals surface area contributed by atoms with Crippen LogP contribution in [0.25, 0.3) is 0 Å². The number of nitrogens with two attached hydrogens (primary N) is 1. The molecule has 1 aromatic heterocycles. The van der Waals surface area contributed by atoms with Crippen LogP contribution in [-0.2, 0) is 13.0 Å². The van der Waals surface area contributed by atoms with Crippen molar-refractivity contribution in [3.8, 4) is 11.5 Å². The summed E-state index contributed by atoms with van der Waals surface area (Å²) >= 11 is 1.71. The molecule has 0 bridgehead atoms. The van der Waals surface area contributed by atoms with Gasteiger partial charge in [-0.05, 0) is 34.9 Å². The third-order valence-corrected chi connectivity index (χ3v) is 3.69. The minimum Gasteiger partial charge on any atom is -0.493 e. The van der Waals surface area contributed by atoms with Gasteiger partial charge in [0.2, 0.25) is 0 Å². The second-order valence-corrected chi connectivity index (χ2v) is 5.33. The lowest BCUT2D eigenvalue weighted by Gasteiger charge is -2.12. The Kier molecular flexibility index (Phi) is 5.89. The summed E-state index contributed by atoms with van der Waals surface area (Å²) in [6.45, 7) is 3.94. The molecule has 108 valence electrons. The highest BCUT2D eigenvalue weighted by molar-refractivity contribution is 7.07. The van der Waals surface area contributed by atoms with Crippen LogP contribution < -0.4 is 15.2 Å². The van der Waals surface area contributed by atoms with Crippen LogP contribution in [0.2, 0.25) is 0 Å². The van der Waals surface area contributed by atoms with E-state index < -0.39 is 0 Å². The summed E-state index contributed by atoms with van der Waals surface area (Å²) in [6, 6.07) is 7.98. The second kappa shape index (κ2) is 7.92. The van der Waals surface area contributed by atoms with Crippen molar-refractivity contribution >= 4 is 11.3 Å². The zero-order valence-electron chi connectivity index (χ0n) is 11.8. The molecule has 2 aromatic rings. The number of hydrogen-bond acceptors (Lipinski definition) is 4. The fourth-order valence-electron chi connectivity index (χ4n) is 1.86. The molecule has 0 radical (unpaired) electrons. The highest BCUT2D eigenvalue weighted by Crippen LogP contribution is 2.25. The first-order valence-electron chi connectivity index (χ1n) is 6.93. The van der Waals surface area contributed by atoms with E-state index >= 15 is 0 Å². The zero-order valence-corrected chi connectivity index (χ0v) is 12.6. The number of thiophene rings is 1. The van der Waals surface area contributed by atoms with Crippen molar-refractivity contribution in [1.29, 1.82) is 0 Å². The minimum absolute atomic E-state index is 0.474. The Morgan fingerprint density at radius 3 is 2.75 bits per heavy atom. The Morgan fingerprint density at radius 1 is 1.15 bits per heavy atom. The van der Waals surface area contributed by atoms with E-state index in [0.717, 1.165) is 36.5 Å². The topological polar surface area (TPSA) is 44.5 Å². The van der Waals surface area contributed by atoms with Crippen LogP contribution in [0, 0.1) is 0 Å². The van der Waals surface area contributed by atoms with Crippen molar-refractivity contribution in [1.82, 2.24) is 0 Å². The fraction of sp³-hybridized carbons (Fsp3) is 0.375. The molecule has 0 aliphatic carbocycles. The molecule has 0 unspecified atom stereocenters. The van der Waals surface area contributed by atoms with Gasteiger partial charge in [0.25, 0.3) is 0 Å². The predicted molar refractivity (Wildman–Crippen MR) is 83.6 cm³/mol. The molecule has 0 fully saturated rings. The molecule has 0 aliphatic rings. The molecule has 1 heterocycles. The van der Waals surface area contributed by atoms with E-state index in [4.69, 9.17) is 15.2 Å². The first kappa shape index (κ1) is 14.9. The van der Waals surface area contributed by atoms with E-state index in [1.165, 1.54) is 5.56 Å². The fourth-order valence-corrected chi connectivity index (χ4v) is 2.56. The van der Waals surface area contributed by atoms with E-state index in [9.17, 15) is 0 Å². The third-order valence-electron chi connectivity index (χ3n) is 2.96. The molecule has 0 atom stereocenters. The number of ether oxygens (including phenoxy) is 2. The van der Waals surface area contributed by atoms with Crippen LogP contribution in [0.5, 0.6) is 11.5 Å². The predicted octanol–water partition coefficient (Wildman–Crippen LogP) is 3.62. The van der Waals surface area contributed by atoms with Crippen LogP contribution in [0.1, 0.15) is 24.5 Å². The quantitative estimate of drug-likeness (QED) is 0.808. The van der Waals surface area contributed by atoms with Gasteiger partial charge < -0.3 is 15.2 Å². The van der Waals surface area contributed by atoms with Gasteiger partial charge >= 0.3 is 0 Å². The largest absolute Gasteiger partial charge is 0.493 e. The van der Waals surface area contributed by atoms with Gasteiger partial charge in [0.1, 0.15) is 11.5 Å². The lowest BCUT2D eigenvalue weighted by Crippen LogP contribution is -2.06. The van der Waals surface area contributed by atoms with E-state index in [1.54, 1.807) is 11.3 Å². The van der Waals surface area contributed by atoms with Gasteiger partial charge in [-0.2, -0.15) is 11.3 Å². The first-order valence-corrected chi connectivity index (χ1v) is 7.87. The summed E-state index contributed by atoms with van der Waals surface area (Å²) in [6.07, 6.45) is 1.90. The molecule has 4 heteroatoms. The van der Waals surface area contributed by atoms with Crippen molar-refractivity contribution in [3.05, 3.63) is 46.2 Å². The van der Waals surface area contributed by atoms with Crippen LogP contribution in [0.3, 0.4) is 0 Å². The number of hydrogen-bond donors (Lipinski definition) is 1. The molecule has 2 N–H and O–H groups in total. The average Bonchev–Trinajstić information content (AvgIpc) is 2.98. The molecule has 0 saturated carbocycles. The van der Waals surface area contributed by atoms with E-state index in [2.05, 4.69) is 23.8 Å². The smallest absolute Gasteiger partial charge is 0.127 e. The summed E-state index contributed by atoms with van der Waals surface area (Å²) in [5, 5.41) is 4.23. The summed E-state index contributed by atoms with van der Waals surface area (Å²) in [7, 11) is 0. The van der Waals surface area contributed by atoms with Crippen molar-refractivity contribution in [3.63, 3.8) is 0 Å². The van der Waals surface area contributed by atoms with Gasteiger partial charge in [0.05, 0.1) is 13.2 Å². The summed E-state index contributed by atoms with van der Waals surface area (Å²) in [5.74, 6) is 1.67. The standard InChI is InChI=1S/C16H21NO2S/c1-2-7-18-15-4-3-14(11-17)16(10-15)19-8-5-13-6-9-20-12-13/h3-4,6,9-10,12H,2,5,7-8,11,17H2,1H3. The Hall–Kier alpha value is -1.52. The summed E-state index contributed by atoms with van der Waals surface area (Å²) < 4.78 is 11.5. The number of benzene rings is 1. The monoisotopic (exact) mass is 291 g/mol. The summed E-state index contributed by atoms with van der Waals surface area (Å²) in [4.78, 5) is 0. The Bertz CT molecular complexity index is 511. The van der Waals surface area contributed by atoms with Gasteiger partial charge in [0, 0.05) is 24.6 Å². The van der Waals surface area contributed by atoms with Crippen molar-refractivity contribution in [2.24, 2.45) is 5.73 Å². The van der Waals surface area contributed by atoms with Gasteiger partial charge in [-0.3, -0.25) is 0 Å². The average molecular weight is 291 g/mol. The molecule has 20 heavy (non-hydrogen) atoms. The number of rotatable bonds is 8. The molecule has 1 aromatic carbocycles. The molecule has 0 saturated heterocycles. The van der Waals surface area contributed by atoms with E-state index in [-0.39, 0.29) is 0 Å². The molecule has 2 rings (SSSR count). The zero-order chi connectivity index (χ0) is 14.2. The van der Waals surface area contributed by atoms with Gasteiger partial charge in [0.15, 0.2) is 0 Å². The Labute approximate surface area is 124 Å². The first-order chi connectivity index (χ1) is 9.83. The van der Waals surface area contributed by atoms with E-state index in [1.807, 2.05) is 18.2 Å². The molecule has 3 nitrogen and oxygen atoms in total. The summed E-state index contributed by atoms with van der Waals surface area (Å²) in [5.41, 5.74) is 8.07. The van der Waals surface area contributed by atoms with Gasteiger partial charge in [-0.1, -0.05) is 13.0 Å². The molecule has 0 aliphatic heterocycles. The maximum atomic E-state index is 5.87. The van der Waals surface area contributed by atoms with Crippen LogP contribution >= 0.6 is 11.3 Å². The minimum atomic E-state index is 0.474. The Morgan fingerprint density at radius 2 is 2.05 bits per heavy atom. The van der Waals surface area contributed by atoms with Crippen LogP contribution in [0.4, 0.5) is 0 Å².